The zero-order chi connectivity index (χ0) is 13.1. The van der Waals surface area contributed by atoms with Crippen LogP contribution in [-0.2, 0) is 6.42 Å². The number of nitrogens with one attached hydrogen (secondary N) is 1. The third-order valence-electron chi connectivity index (χ3n) is 2.57. The predicted octanol–water partition coefficient (Wildman–Crippen LogP) is 4.16. The van der Waals surface area contributed by atoms with Gasteiger partial charge in [0.05, 0.1) is 9.83 Å². The number of nitrogens with two attached hydrogens (primary N) is 1. The standard InChI is InChI=1S/C12H11Br2FN2S/c13-7-1-3-10(15)9(5-7)11(17-16)6-8-2-4-12(14)18-8/h1-5,11,17H,6,16H2. The molecule has 1 aromatic carbocycles. The average Bonchev–Trinajstić information content (AvgIpc) is 2.75. The molecule has 18 heavy (non-hydrogen) atoms. The summed E-state index contributed by atoms with van der Waals surface area (Å²) in [6, 6.07) is 8.61. The Morgan fingerprint density at radius 3 is 2.67 bits per heavy atom. The Labute approximate surface area is 126 Å². The van der Waals surface area contributed by atoms with Gasteiger partial charge in [0.15, 0.2) is 0 Å². The normalized spacial score (nSPS) is 12.7. The molecule has 0 fully saturated rings. The highest BCUT2D eigenvalue weighted by atomic mass is 79.9. The van der Waals surface area contributed by atoms with E-state index in [1.165, 1.54) is 6.07 Å². The van der Waals surface area contributed by atoms with Crippen LogP contribution in [0.3, 0.4) is 0 Å². The molecule has 0 saturated heterocycles. The quantitative estimate of drug-likeness (QED) is 0.604. The van der Waals surface area contributed by atoms with Crippen molar-refractivity contribution in [2.75, 3.05) is 0 Å². The number of hydrazine groups is 1. The summed E-state index contributed by atoms with van der Waals surface area (Å²) in [5.41, 5.74) is 3.24. The van der Waals surface area contributed by atoms with E-state index in [1.54, 1.807) is 23.5 Å². The molecule has 0 saturated carbocycles. The Bertz CT molecular complexity index is 545. The van der Waals surface area contributed by atoms with Crippen molar-refractivity contribution >= 4 is 43.2 Å². The summed E-state index contributed by atoms with van der Waals surface area (Å²) in [7, 11) is 0. The van der Waals surface area contributed by atoms with Gasteiger partial charge in [-0.15, -0.1) is 11.3 Å². The molecular formula is C12H11Br2FN2S. The predicted molar refractivity (Wildman–Crippen MR) is 79.9 cm³/mol. The molecule has 2 nitrogen and oxygen atoms in total. The largest absolute Gasteiger partial charge is 0.271 e. The lowest BCUT2D eigenvalue weighted by molar-refractivity contribution is 0.512. The first-order valence-corrected chi connectivity index (χ1v) is 7.65. The molecule has 0 amide bonds. The van der Waals surface area contributed by atoms with E-state index in [-0.39, 0.29) is 11.9 Å². The van der Waals surface area contributed by atoms with Gasteiger partial charge in [0.2, 0.25) is 0 Å². The molecule has 0 spiro atoms. The minimum absolute atomic E-state index is 0.243. The van der Waals surface area contributed by atoms with Gasteiger partial charge in [0.25, 0.3) is 0 Å². The second kappa shape index (κ2) is 6.25. The third kappa shape index (κ3) is 3.39. The molecule has 6 heteroatoms. The number of benzene rings is 1. The molecule has 0 aliphatic rings. The van der Waals surface area contributed by atoms with Crippen LogP contribution in [0.5, 0.6) is 0 Å². The minimum Gasteiger partial charge on any atom is -0.271 e. The number of rotatable bonds is 4. The molecule has 1 unspecified atom stereocenters. The molecule has 0 radical (unpaired) electrons. The molecule has 2 rings (SSSR count). The number of hydrogen-bond donors (Lipinski definition) is 2. The minimum atomic E-state index is -0.253. The van der Waals surface area contributed by atoms with E-state index in [2.05, 4.69) is 37.3 Å². The highest BCUT2D eigenvalue weighted by Gasteiger charge is 2.16. The summed E-state index contributed by atoms with van der Waals surface area (Å²) in [6.45, 7) is 0. The Hall–Kier alpha value is -0.270. The van der Waals surface area contributed by atoms with Crippen LogP contribution in [0.1, 0.15) is 16.5 Å². The van der Waals surface area contributed by atoms with Crippen LogP contribution >= 0.6 is 43.2 Å². The Kier molecular flexibility index (Phi) is 4.91. The molecule has 0 aliphatic heterocycles. The first-order valence-electron chi connectivity index (χ1n) is 5.25. The summed E-state index contributed by atoms with van der Waals surface area (Å²) in [6.07, 6.45) is 0.653. The highest BCUT2D eigenvalue weighted by molar-refractivity contribution is 9.11. The number of hydrogen-bond acceptors (Lipinski definition) is 3. The molecule has 3 N–H and O–H groups in total. The molecule has 1 heterocycles. The van der Waals surface area contributed by atoms with Gasteiger partial charge in [0.1, 0.15) is 5.82 Å². The Morgan fingerprint density at radius 2 is 2.06 bits per heavy atom. The van der Waals surface area contributed by atoms with Crippen LogP contribution in [0.15, 0.2) is 38.6 Å². The smallest absolute Gasteiger partial charge is 0.128 e. The molecule has 0 bridgehead atoms. The van der Waals surface area contributed by atoms with Crippen molar-refractivity contribution in [3.8, 4) is 0 Å². The highest BCUT2D eigenvalue weighted by Crippen LogP contribution is 2.28. The van der Waals surface area contributed by atoms with Crippen molar-refractivity contribution in [2.24, 2.45) is 5.84 Å². The summed E-state index contributed by atoms with van der Waals surface area (Å²) in [5.74, 6) is 5.29. The number of halogens is 3. The SMILES string of the molecule is NNC(Cc1ccc(Br)s1)c1cc(Br)ccc1F. The third-order valence-corrected chi connectivity index (χ3v) is 4.71. The van der Waals surface area contributed by atoms with Crippen molar-refractivity contribution in [3.63, 3.8) is 0 Å². The lowest BCUT2D eigenvalue weighted by atomic mass is 10.0. The van der Waals surface area contributed by atoms with Gasteiger partial charge in [-0.1, -0.05) is 15.9 Å². The van der Waals surface area contributed by atoms with Crippen molar-refractivity contribution in [3.05, 3.63) is 54.8 Å². The van der Waals surface area contributed by atoms with E-state index in [9.17, 15) is 4.39 Å². The summed E-state index contributed by atoms with van der Waals surface area (Å²) in [4.78, 5) is 1.14. The van der Waals surface area contributed by atoms with Crippen LogP contribution in [0.25, 0.3) is 0 Å². The summed E-state index contributed by atoms with van der Waals surface area (Å²) < 4.78 is 15.7. The maximum atomic E-state index is 13.8. The topological polar surface area (TPSA) is 38.0 Å². The van der Waals surface area contributed by atoms with E-state index in [1.807, 2.05) is 12.1 Å². The van der Waals surface area contributed by atoms with Gasteiger partial charge in [-0.25, -0.2) is 4.39 Å². The lowest BCUT2D eigenvalue weighted by Crippen LogP contribution is -2.30. The average molecular weight is 394 g/mol. The van der Waals surface area contributed by atoms with Crippen molar-refractivity contribution in [1.82, 2.24) is 5.43 Å². The lowest BCUT2D eigenvalue weighted by Gasteiger charge is -2.16. The Balaban J connectivity index is 2.25. The van der Waals surface area contributed by atoms with Crippen LogP contribution in [0.2, 0.25) is 0 Å². The van der Waals surface area contributed by atoms with Crippen LogP contribution in [0.4, 0.5) is 4.39 Å². The van der Waals surface area contributed by atoms with Crippen molar-refractivity contribution < 1.29 is 4.39 Å². The zero-order valence-electron chi connectivity index (χ0n) is 9.29. The fraction of sp³-hybridized carbons (Fsp3) is 0.167. The van der Waals surface area contributed by atoms with Crippen molar-refractivity contribution in [1.29, 1.82) is 0 Å². The van der Waals surface area contributed by atoms with E-state index < -0.39 is 0 Å². The zero-order valence-corrected chi connectivity index (χ0v) is 13.3. The second-order valence-electron chi connectivity index (χ2n) is 3.80. The van der Waals surface area contributed by atoms with Crippen LogP contribution in [0, 0.1) is 5.82 Å². The molecular weight excluding hydrogens is 383 g/mol. The van der Waals surface area contributed by atoms with Gasteiger partial charge < -0.3 is 0 Å². The van der Waals surface area contributed by atoms with E-state index >= 15 is 0 Å². The Morgan fingerprint density at radius 1 is 1.28 bits per heavy atom. The van der Waals surface area contributed by atoms with Crippen molar-refractivity contribution in [2.45, 2.75) is 12.5 Å². The van der Waals surface area contributed by atoms with Crippen LogP contribution in [-0.4, -0.2) is 0 Å². The maximum absolute atomic E-state index is 13.8. The van der Waals surface area contributed by atoms with Gasteiger partial charge in [0, 0.05) is 21.3 Å². The van der Waals surface area contributed by atoms with Crippen LogP contribution < -0.4 is 11.3 Å². The molecule has 2 aromatic rings. The molecule has 96 valence electrons. The molecule has 1 aromatic heterocycles. The van der Waals surface area contributed by atoms with Gasteiger partial charge >= 0.3 is 0 Å². The monoisotopic (exact) mass is 392 g/mol. The second-order valence-corrected chi connectivity index (χ2v) is 7.26. The van der Waals surface area contributed by atoms with E-state index in [0.717, 1.165) is 13.1 Å². The first kappa shape index (κ1) is 14.1. The molecule has 1 atom stereocenters. The van der Waals surface area contributed by atoms with E-state index in [0.29, 0.717) is 12.0 Å². The maximum Gasteiger partial charge on any atom is 0.128 e. The molecule has 0 aliphatic carbocycles. The summed E-state index contributed by atoms with van der Waals surface area (Å²) in [5, 5.41) is 0. The van der Waals surface area contributed by atoms with Gasteiger partial charge in [-0.2, -0.15) is 0 Å². The first-order chi connectivity index (χ1) is 8.60. The fourth-order valence-electron chi connectivity index (χ4n) is 1.70. The van der Waals surface area contributed by atoms with Gasteiger partial charge in [-0.3, -0.25) is 11.3 Å². The fourth-order valence-corrected chi connectivity index (χ4v) is 3.61. The summed E-state index contributed by atoms with van der Waals surface area (Å²) >= 11 is 8.38. The van der Waals surface area contributed by atoms with E-state index in [4.69, 9.17) is 5.84 Å². The van der Waals surface area contributed by atoms with Gasteiger partial charge in [-0.05, 0) is 46.3 Å². The number of thiophene rings is 1.